The van der Waals surface area contributed by atoms with Gasteiger partial charge in [0.1, 0.15) is 18.1 Å². The SMILES string of the molecule is CC(C)C(NC(=O)CN)C(=O)NC(Cc1cnc[nH]1)C(=O)NC(CS)C(=O)O. The maximum Gasteiger partial charge on any atom is 0.327 e. The van der Waals surface area contributed by atoms with E-state index < -0.39 is 41.8 Å². The molecule has 0 aliphatic rings. The zero-order valence-electron chi connectivity index (χ0n) is 15.6. The lowest BCUT2D eigenvalue weighted by molar-refractivity contribution is -0.141. The zero-order valence-corrected chi connectivity index (χ0v) is 16.5. The highest BCUT2D eigenvalue weighted by atomic mass is 32.1. The Hall–Kier alpha value is -2.60. The summed E-state index contributed by atoms with van der Waals surface area (Å²) in [5.41, 5.74) is 5.84. The Labute approximate surface area is 167 Å². The first-order valence-electron chi connectivity index (χ1n) is 8.60. The monoisotopic (exact) mass is 414 g/mol. The van der Waals surface area contributed by atoms with Gasteiger partial charge in [0.2, 0.25) is 17.7 Å². The number of aromatic amines is 1. The smallest absolute Gasteiger partial charge is 0.327 e. The van der Waals surface area contributed by atoms with Gasteiger partial charge in [0, 0.05) is 24.1 Å². The summed E-state index contributed by atoms with van der Waals surface area (Å²) in [7, 11) is 0. The fourth-order valence-electron chi connectivity index (χ4n) is 2.31. The first-order valence-corrected chi connectivity index (χ1v) is 9.23. The Balaban J connectivity index is 2.97. The molecule has 3 atom stereocenters. The number of carbonyl (C=O) groups excluding carboxylic acids is 3. The molecule has 0 saturated heterocycles. The van der Waals surface area contributed by atoms with Gasteiger partial charge in [-0.1, -0.05) is 13.8 Å². The normalized spacial score (nSPS) is 14.0. The summed E-state index contributed by atoms with van der Waals surface area (Å²) in [4.78, 5) is 54.7. The van der Waals surface area contributed by atoms with Crippen molar-refractivity contribution in [1.29, 1.82) is 0 Å². The predicted octanol–water partition coefficient (Wildman–Crippen LogP) is -1.96. The van der Waals surface area contributed by atoms with Crippen LogP contribution in [0.5, 0.6) is 0 Å². The topological polar surface area (TPSA) is 179 Å². The minimum absolute atomic E-state index is 0.0478. The van der Waals surface area contributed by atoms with Gasteiger partial charge in [0.15, 0.2) is 0 Å². The average Bonchev–Trinajstić information content (AvgIpc) is 3.15. The molecule has 0 aromatic carbocycles. The van der Waals surface area contributed by atoms with E-state index in [0.29, 0.717) is 5.69 Å². The minimum atomic E-state index is -1.25. The van der Waals surface area contributed by atoms with Gasteiger partial charge in [-0.15, -0.1) is 0 Å². The highest BCUT2D eigenvalue weighted by Gasteiger charge is 2.30. The van der Waals surface area contributed by atoms with Crippen LogP contribution < -0.4 is 21.7 Å². The van der Waals surface area contributed by atoms with Crippen molar-refractivity contribution in [3.05, 3.63) is 18.2 Å². The van der Waals surface area contributed by atoms with Crippen LogP contribution in [0.2, 0.25) is 0 Å². The van der Waals surface area contributed by atoms with Crippen LogP contribution in [0.1, 0.15) is 19.5 Å². The quantitative estimate of drug-likeness (QED) is 0.205. The highest BCUT2D eigenvalue weighted by molar-refractivity contribution is 7.80. The Morgan fingerprint density at radius 3 is 2.29 bits per heavy atom. The van der Waals surface area contributed by atoms with E-state index in [1.165, 1.54) is 12.5 Å². The average molecular weight is 414 g/mol. The predicted molar refractivity (Wildman–Crippen MR) is 103 cm³/mol. The molecule has 1 rings (SSSR count). The van der Waals surface area contributed by atoms with Gasteiger partial charge in [0.05, 0.1) is 12.9 Å². The lowest BCUT2D eigenvalue weighted by Crippen LogP contribution is -2.58. The Kier molecular flexibility index (Phi) is 9.45. The second kappa shape index (κ2) is 11.3. The van der Waals surface area contributed by atoms with Gasteiger partial charge < -0.3 is 31.8 Å². The number of nitrogens with zero attached hydrogens (tertiary/aromatic N) is 1. The number of hydrogen-bond acceptors (Lipinski definition) is 7. The molecule has 0 aliphatic carbocycles. The second-order valence-corrected chi connectivity index (χ2v) is 6.78. The van der Waals surface area contributed by atoms with Crippen molar-refractivity contribution >= 4 is 36.3 Å². The number of nitrogens with two attached hydrogens (primary N) is 1. The summed E-state index contributed by atoms with van der Waals surface area (Å²) in [6, 6.07) is -3.21. The number of carboxylic acids is 1. The standard InChI is InChI=1S/C16H26N6O5S/c1-8(2)13(22-12(23)4-17)15(25)20-10(3-9-5-18-7-19-9)14(24)21-11(6-28)16(26)27/h5,7-8,10-11,13,28H,3-4,6,17H2,1-2H3,(H,18,19)(H,20,25)(H,21,24)(H,22,23)(H,26,27). The summed E-state index contributed by atoms with van der Waals surface area (Å²) in [6.07, 6.45) is 2.94. The van der Waals surface area contributed by atoms with Gasteiger partial charge in [-0.2, -0.15) is 12.6 Å². The molecule has 0 spiro atoms. The van der Waals surface area contributed by atoms with E-state index in [0.717, 1.165) is 0 Å². The van der Waals surface area contributed by atoms with E-state index in [9.17, 15) is 19.2 Å². The first-order chi connectivity index (χ1) is 13.2. The number of thiol groups is 1. The molecule has 1 heterocycles. The Bertz CT molecular complexity index is 681. The van der Waals surface area contributed by atoms with Crippen LogP contribution in [0.15, 0.2) is 12.5 Å². The molecular formula is C16H26N6O5S. The summed E-state index contributed by atoms with van der Waals surface area (Å²) >= 11 is 3.91. The van der Waals surface area contributed by atoms with E-state index in [1.807, 2.05) is 0 Å². The van der Waals surface area contributed by atoms with E-state index in [4.69, 9.17) is 10.8 Å². The molecule has 0 saturated carbocycles. The first kappa shape index (κ1) is 23.4. The summed E-state index contributed by atoms with van der Waals surface area (Å²) < 4.78 is 0. The third-order valence-electron chi connectivity index (χ3n) is 3.86. The van der Waals surface area contributed by atoms with Crippen molar-refractivity contribution in [2.45, 2.75) is 38.4 Å². The summed E-state index contributed by atoms with van der Waals surface area (Å²) in [6.45, 7) is 3.18. The van der Waals surface area contributed by atoms with Crippen molar-refractivity contribution in [3.8, 4) is 0 Å². The molecule has 1 aromatic heterocycles. The van der Waals surface area contributed by atoms with E-state index >= 15 is 0 Å². The van der Waals surface area contributed by atoms with Crippen molar-refractivity contribution < 1.29 is 24.3 Å². The van der Waals surface area contributed by atoms with Crippen LogP contribution in [0.3, 0.4) is 0 Å². The van der Waals surface area contributed by atoms with Crippen LogP contribution >= 0.6 is 12.6 Å². The molecule has 156 valence electrons. The number of carboxylic acid groups (broad SMARTS) is 1. The number of nitrogens with one attached hydrogen (secondary N) is 4. The largest absolute Gasteiger partial charge is 0.480 e. The number of rotatable bonds is 11. The lowest BCUT2D eigenvalue weighted by atomic mass is 10.0. The third kappa shape index (κ3) is 7.19. The molecule has 1 aromatic rings. The van der Waals surface area contributed by atoms with Crippen molar-refractivity contribution in [2.75, 3.05) is 12.3 Å². The van der Waals surface area contributed by atoms with Crippen molar-refractivity contribution in [3.63, 3.8) is 0 Å². The van der Waals surface area contributed by atoms with Crippen molar-refractivity contribution in [1.82, 2.24) is 25.9 Å². The molecule has 11 nitrogen and oxygen atoms in total. The van der Waals surface area contributed by atoms with Gasteiger partial charge >= 0.3 is 5.97 Å². The van der Waals surface area contributed by atoms with E-state index in [2.05, 4.69) is 38.5 Å². The maximum atomic E-state index is 12.7. The van der Waals surface area contributed by atoms with E-state index in [-0.39, 0.29) is 24.6 Å². The van der Waals surface area contributed by atoms with Crippen LogP contribution in [-0.4, -0.2) is 69.2 Å². The third-order valence-corrected chi connectivity index (χ3v) is 4.23. The maximum absolute atomic E-state index is 12.7. The summed E-state index contributed by atoms with van der Waals surface area (Å²) in [5.74, 6) is -3.43. The second-order valence-electron chi connectivity index (χ2n) is 6.42. The number of aromatic nitrogens is 2. The molecule has 0 radical (unpaired) electrons. The highest BCUT2D eigenvalue weighted by Crippen LogP contribution is 2.05. The molecule has 12 heteroatoms. The molecule has 0 bridgehead atoms. The minimum Gasteiger partial charge on any atom is -0.480 e. The number of amides is 3. The number of imidazole rings is 1. The Morgan fingerprint density at radius 1 is 1.18 bits per heavy atom. The Morgan fingerprint density at radius 2 is 1.82 bits per heavy atom. The molecule has 0 aliphatic heterocycles. The molecule has 0 fully saturated rings. The fourth-order valence-corrected chi connectivity index (χ4v) is 2.56. The van der Waals surface area contributed by atoms with Gasteiger partial charge in [-0.25, -0.2) is 9.78 Å². The number of carbonyl (C=O) groups is 4. The van der Waals surface area contributed by atoms with Gasteiger partial charge in [0.25, 0.3) is 0 Å². The van der Waals surface area contributed by atoms with Gasteiger partial charge in [-0.3, -0.25) is 14.4 Å². The molecule has 28 heavy (non-hydrogen) atoms. The van der Waals surface area contributed by atoms with Crippen LogP contribution in [0.25, 0.3) is 0 Å². The fraction of sp³-hybridized carbons (Fsp3) is 0.562. The zero-order chi connectivity index (χ0) is 21.3. The van der Waals surface area contributed by atoms with Gasteiger partial charge in [-0.05, 0) is 5.92 Å². The summed E-state index contributed by atoms with van der Waals surface area (Å²) in [5, 5.41) is 16.5. The molecule has 7 N–H and O–H groups in total. The molecular weight excluding hydrogens is 388 g/mol. The van der Waals surface area contributed by atoms with E-state index in [1.54, 1.807) is 13.8 Å². The van der Waals surface area contributed by atoms with Crippen LogP contribution in [0, 0.1) is 5.92 Å². The van der Waals surface area contributed by atoms with Crippen LogP contribution in [-0.2, 0) is 25.6 Å². The number of hydrogen-bond donors (Lipinski definition) is 7. The van der Waals surface area contributed by atoms with Crippen molar-refractivity contribution in [2.24, 2.45) is 11.7 Å². The molecule has 3 amide bonds. The number of aliphatic carboxylic acids is 1. The van der Waals surface area contributed by atoms with Crippen LogP contribution in [0.4, 0.5) is 0 Å². The lowest BCUT2D eigenvalue weighted by Gasteiger charge is -2.25. The number of H-pyrrole nitrogens is 1. The molecule has 3 unspecified atom stereocenters.